The molecule has 1 aliphatic heterocycles. The molecule has 1 aliphatic rings. The van der Waals surface area contributed by atoms with E-state index in [1.165, 1.54) is 0 Å². The van der Waals surface area contributed by atoms with E-state index in [1.807, 2.05) is 19.2 Å². The molecule has 0 aliphatic carbocycles. The summed E-state index contributed by atoms with van der Waals surface area (Å²) in [6.07, 6.45) is 3.66. The van der Waals surface area contributed by atoms with Crippen LogP contribution in [0.3, 0.4) is 0 Å². The highest BCUT2D eigenvalue weighted by atomic mass is 16.5. The number of methoxy groups -OCH3 is 1. The molecule has 2 rings (SSSR count). The van der Waals surface area contributed by atoms with E-state index in [4.69, 9.17) is 4.74 Å². The zero-order valence-electron chi connectivity index (χ0n) is 10.1. The minimum atomic E-state index is -0.0858. The van der Waals surface area contributed by atoms with Gasteiger partial charge in [-0.05, 0) is 37.5 Å². The van der Waals surface area contributed by atoms with E-state index in [-0.39, 0.29) is 5.91 Å². The van der Waals surface area contributed by atoms with Crippen molar-refractivity contribution in [2.45, 2.75) is 19.8 Å². The molecule has 0 aromatic heterocycles. The van der Waals surface area contributed by atoms with Crippen LogP contribution in [-0.2, 0) is 0 Å². The van der Waals surface area contributed by atoms with E-state index in [0.29, 0.717) is 23.5 Å². The molecule has 90 valence electrons. The molecule has 0 saturated carbocycles. The molecule has 1 amide bonds. The van der Waals surface area contributed by atoms with Crippen molar-refractivity contribution in [3.05, 3.63) is 23.3 Å². The van der Waals surface area contributed by atoms with Gasteiger partial charge >= 0.3 is 0 Å². The third-order valence-corrected chi connectivity index (χ3v) is 2.78. The van der Waals surface area contributed by atoms with Gasteiger partial charge in [-0.1, -0.05) is 0 Å². The second-order valence-corrected chi connectivity index (χ2v) is 4.05. The van der Waals surface area contributed by atoms with E-state index in [1.54, 1.807) is 13.2 Å². The fourth-order valence-corrected chi connectivity index (χ4v) is 1.83. The molecular formula is C13H16N2O2. The summed E-state index contributed by atoms with van der Waals surface area (Å²) in [6.45, 7) is 2.62. The van der Waals surface area contributed by atoms with Crippen molar-refractivity contribution in [2.75, 3.05) is 13.7 Å². The Bertz CT molecular complexity index is 467. The minimum absolute atomic E-state index is 0.0858. The molecule has 1 N–H and O–H groups in total. The van der Waals surface area contributed by atoms with Crippen LogP contribution in [0.1, 0.15) is 28.8 Å². The number of carbonyl (C=O) groups excluding carboxylic acids is 1. The zero-order valence-corrected chi connectivity index (χ0v) is 10.1. The highest BCUT2D eigenvalue weighted by molar-refractivity contribution is 6.00. The zero-order chi connectivity index (χ0) is 12.3. The van der Waals surface area contributed by atoms with E-state index in [9.17, 15) is 4.79 Å². The van der Waals surface area contributed by atoms with Gasteiger partial charge in [-0.3, -0.25) is 9.79 Å². The first-order valence-corrected chi connectivity index (χ1v) is 5.71. The summed E-state index contributed by atoms with van der Waals surface area (Å²) in [6, 6.07) is 3.64. The highest BCUT2D eigenvalue weighted by Crippen LogP contribution is 2.28. The van der Waals surface area contributed by atoms with Gasteiger partial charge in [-0.2, -0.15) is 0 Å². The van der Waals surface area contributed by atoms with Crippen LogP contribution in [0.2, 0.25) is 0 Å². The quantitative estimate of drug-likeness (QED) is 0.807. The predicted octanol–water partition coefficient (Wildman–Crippen LogP) is 2.23. The van der Waals surface area contributed by atoms with Crippen molar-refractivity contribution >= 4 is 17.8 Å². The third kappa shape index (κ3) is 2.46. The number of benzene rings is 1. The van der Waals surface area contributed by atoms with Gasteiger partial charge in [0.05, 0.1) is 18.4 Å². The molecule has 17 heavy (non-hydrogen) atoms. The van der Waals surface area contributed by atoms with Gasteiger partial charge in [-0.15, -0.1) is 0 Å². The van der Waals surface area contributed by atoms with Crippen molar-refractivity contribution in [1.29, 1.82) is 0 Å². The minimum Gasteiger partial charge on any atom is -0.496 e. The SMILES string of the molecule is COc1cc2c(cc1C)N=CCCCNC2=O. The number of nitrogens with zero attached hydrogens (tertiary/aromatic N) is 1. The number of hydrogen-bond acceptors (Lipinski definition) is 3. The lowest BCUT2D eigenvalue weighted by Gasteiger charge is -2.10. The molecule has 0 atom stereocenters. The topological polar surface area (TPSA) is 50.7 Å². The Morgan fingerprint density at radius 3 is 3.00 bits per heavy atom. The van der Waals surface area contributed by atoms with Crippen LogP contribution in [0.4, 0.5) is 5.69 Å². The van der Waals surface area contributed by atoms with Gasteiger partial charge in [-0.25, -0.2) is 0 Å². The van der Waals surface area contributed by atoms with Crippen LogP contribution >= 0.6 is 0 Å². The third-order valence-electron chi connectivity index (χ3n) is 2.78. The standard InChI is InChI=1S/C13H16N2O2/c1-9-7-11-10(8-12(9)17-2)13(16)15-6-4-3-5-14-11/h5,7-8H,3-4,6H2,1-2H3,(H,15,16). The van der Waals surface area contributed by atoms with E-state index in [2.05, 4.69) is 10.3 Å². The van der Waals surface area contributed by atoms with Crippen LogP contribution in [0, 0.1) is 6.92 Å². The molecule has 0 unspecified atom stereocenters. The number of rotatable bonds is 1. The maximum absolute atomic E-state index is 11.9. The van der Waals surface area contributed by atoms with E-state index < -0.39 is 0 Å². The van der Waals surface area contributed by atoms with Crippen molar-refractivity contribution in [2.24, 2.45) is 4.99 Å². The van der Waals surface area contributed by atoms with Crippen LogP contribution in [0.5, 0.6) is 5.75 Å². The predicted molar refractivity (Wildman–Crippen MR) is 67.5 cm³/mol. The maximum atomic E-state index is 11.9. The maximum Gasteiger partial charge on any atom is 0.253 e. The van der Waals surface area contributed by atoms with Crippen molar-refractivity contribution in [3.8, 4) is 5.75 Å². The van der Waals surface area contributed by atoms with Gasteiger partial charge in [0.2, 0.25) is 0 Å². The fraction of sp³-hybridized carbons (Fsp3) is 0.385. The summed E-state index contributed by atoms with van der Waals surface area (Å²) in [5.74, 6) is 0.630. The summed E-state index contributed by atoms with van der Waals surface area (Å²) in [5, 5.41) is 2.88. The van der Waals surface area contributed by atoms with Crippen LogP contribution in [0.15, 0.2) is 17.1 Å². The summed E-state index contributed by atoms with van der Waals surface area (Å²) >= 11 is 0. The largest absolute Gasteiger partial charge is 0.496 e. The molecule has 0 saturated heterocycles. The van der Waals surface area contributed by atoms with Crippen LogP contribution in [0.25, 0.3) is 0 Å². The normalized spacial score (nSPS) is 15.3. The van der Waals surface area contributed by atoms with Crippen molar-refractivity contribution < 1.29 is 9.53 Å². The average Bonchev–Trinajstić information content (AvgIpc) is 2.40. The number of hydrogen-bond donors (Lipinski definition) is 1. The Labute approximate surface area is 101 Å². The highest BCUT2D eigenvalue weighted by Gasteiger charge is 2.14. The van der Waals surface area contributed by atoms with Gasteiger partial charge in [0, 0.05) is 12.8 Å². The fourth-order valence-electron chi connectivity index (χ4n) is 1.83. The first kappa shape index (κ1) is 11.6. The van der Waals surface area contributed by atoms with Gasteiger partial charge in [0.1, 0.15) is 5.75 Å². The number of aliphatic imine (C=N–C) groups is 1. The lowest BCUT2D eigenvalue weighted by Crippen LogP contribution is -2.24. The summed E-state index contributed by atoms with van der Waals surface area (Å²) in [7, 11) is 1.60. The van der Waals surface area contributed by atoms with Gasteiger partial charge < -0.3 is 10.1 Å². The molecule has 0 radical (unpaired) electrons. The summed E-state index contributed by atoms with van der Waals surface area (Å²) in [4.78, 5) is 16.3. The smallest absolute Gasteiger partial charge is 0.253 e. The number of fused-ring (bicyclic) bond motifs is 1. The Balaban J connectivity index is 2.51. The molecule has 0 bridgehead atoms. The molecule has 0 fully saturated rings. The number of carbonyl (C=O) groups is 1. The second kappa shape index (κ2) is 4.99. The lowest BCUT2D eigenvalue weighted by atomic mass is 10.1. The first-order chi connectivity index (χ1) is 8.22. The number of nitrogens with one attached hydrogen (secondary N) is 1. The molecule has 1 aromatic rings. The second-order valence-electron chi connectivity index (χ2n) is 4.05. The van der Waals surface area contributed by atoms with Crippen molar-refractivity contribution in [1.82, 2.24) is 5.32 Å². The van der Waals surface area contributed by atoms with Crippen molar-refractivity contribution in [3.63, 3.8) is 0 Å². The average molecular weight is 232 g/mol. The van der Waals surface area contributed by atoms with E-state index >= 15 is 0 Å². The van der Waals surface area contributed by atoms with Gasteiger partial charge in [0.15, 0.2) is 0 Å². The molecule has 0 spiro atoms. The van der Waals surface area contributed by atoms with Crippen LogP contribution < -0.4 is 10.1 Å². The van der Waals surface area contributed by atoms with Crippen LogP contribution in [-0.4, -0.2) is 25.8 Å². The Morgan fingerprint density at radius 2 is 2.24 bits per heavy atom. The Hall–Kier alpha value is -1.84. The number of ether oxygens (including phenoxy) is 1. The number of amides is 1. The summed E-state index contributed by atoms with van der Waals surface area (Å²) in [5.41, 5.74) is 2.27. The summed E-state index contributed by atoms with van der Waals surface area (Å²) < 4.78 is 5.23. The molecule has 4 heteroatoms. The number of aryl methyl sites for hydroxylation is 1. The molecular weight excluding hydrogens is 216 g/mol. The van der Waals surface area contributed by atoms with E-state index in [0.717, 1.165) is 18.4 Å². The molecule has 1 aromatic carbocycles. The Kier molecular flexibility index (Phi) is 3.42. The molecule has 1 heterocycles. The lowest BCUT2D eigenvalue weighted by molar-refractivity contribution is 0.0954. The first-order valence-electron chi connectivity index (χ1n) is 5.71. The molecule has 4 nitrogen and oxygen atoms in total. The Morgan fingerprint density at radius 1 is 1.41 bits per heavy atom. The monoisotopic (exact) mass is 232 g/mol. The van der Waals surface area contributed by atoms with Gasteiger partial charge in [0.25, 0.3) is 5.91 Å².